The Bertz CT molecular complexity index is 810. The van der Waals surface area contributed by atoms with Gasteiger partial charge in [-0.15, -0.1) is 0 Å². The monoisotopic (exact) mass is 363 g/mol. The van der Waals surface area contributed by atoms with Crippen LogP contribution in [0.3, 0.4) is 0 Å². The van der Waals surface area contributed by atoms with Crippen molar-refractivity contribution in [3.8, 4) is 11.5 Å². The maximum absolute atomic E-state index is 11.7. The normalized spacial score (nSPS) is 10.5. The quantitative estimate of drug-likeness (QED) is 0.463. The van der Waals surface area contributed by atoms with Gasteiger partial charge in [-0.2, -0.15) is 5.10 Å². The highest BCUT2D eigenvalue weighted by Crippen LogP contribution is 2.25. The lowest BCUT2D eigenvalue weighted by Crippen LogP contribution is -2.24. The zero-order valence-electron chi connectivity index (χ0n) is 13.1. The van der Waals surface area contributed by atoms with E-state index >= 15 is 0 Å². The molecule has 1 N–H and O–H groups in total. The van der Waals surface area contributed by atoms with Crippen LogP contribution in [0.5, 0.6) is 11.5 Å². The first-order chi connectivity index (χ1) is 12.0. The summed E-state index contributed by atoms with van der Waals surface area (Å²) in [6, 6.07) is 10.7. The molecule has 9 heteroatoms. The number of hydrogen-bond donors (Lipinski definition) is 1. The van der Waals surface area contributed by atoms with Gasteiger partial charge in [0.25, 0.3) is 5.91 Å². The van der Waals surface area contributed by atoms with E-state index in [1.165, 1.54) is 31.5 Å². The molecule has 0 radical (unpaired) electrons. The van der Waals surface area contributed by atoms with Gasteiger partial charge in [0.2, 0.25) is 0 Å². The fourth-order valence-corrected chi connectivity index (χ4v) is 2.07. The summed E-state index contributed by atoms with van der Waals surface area (Å²) in [4.78, 5) is 22.0. The molecule has 8 nitrogen and oxygen atoms in total. The topological polar surface area (TPSA) is 103 Å². The molecule has 1 amide bonds. The number of carbonyl (C=O) groups is 1. The van der Waals surface area contributed by atoms with Crippen molar-refractivity contribution >= 4 is 29.4 Å². The maximum atomic E-state index is 11.7. The number of nitro benzene ring substituents is 1. The van der Waals surface area contributed by atoms with Crippen LogP contribution in [0.25, 0.3) is 0 Å². The maximum Gasteiger partial charge on any atom is 0.310 e. The zero-order chi connectivity index (χ0) is 18.2. The lowest BCUT2D eigenvalue weighted by molar-refractivity contribution is -0.385. The van der Waals surface area contributed by atoms with Crippen LogP contribution in [0.1, 0.15) is 5.56 Å². The average Bonchev–Trinajstić information content (AvgIpc) is 2.60. The van der Waals surface area contributed by atoms with Crippen molar-refractivity contribution < 1.29 is 19.2 Å². The van der Waals surface area contributed by atoms with Gasteiger partial charge in [-0.3, -0.25) is 14.9 Å². The summed E-state index contributed by atoms with van der Waals surface area (Å²) in [5.41, 5.74) is 2.62. The van der Waals surface area contributed by atoms with Crippen LogP contribution >= 0.6 is 11.6 Å². The number of halogens is 1. The molecule has 2 aromatic carbocycles. The summed E-state index contributed by atoms with van der Waals surface area (Å²) in [7, 11) is 1.50. The molecule has 0 bridgehead atoms. The highest BCUT2D eigenvalue weighted by Gasteiger charge is 2.14. The number of benzene rings is 2. The number of hydrazone groups is 1. The van der Waals surface area contributed by atoms with Gasteiger partial charge in [0.1, 0.15) is 5.75 Å². The molecule has 0 fully saturated rings. The Balaban J connectivity index is 1.94. The van der Waals surface area contributed by atoms with E-state index in [2.05, 4.69) is 10.5 Å². The third-order valence-corrected chi connectivity index (χ3v) is 3.24. The van der Waals surface area contributed by atoms with E-state index in [1.54, 1.807) is 24.3 Å². The number of nitrogens with one attached hydrogen (secondary N) is 1. The van der Waals surface area contributed by atoms with Crippen LogP contribution in [0.2, 0.25) is 5.02 Å². The fourth-order valence-electron chi connectivity index (χ4n) is 1.89. The lowest BCUT2D eigenvalue weighted by atomic mass is 10.2. The predicted octanol–water partition coefficient (Wildman–Crippen LogP) is 2.79. The Labute approximate surface area is 148 Å². The number of amides is 1. The molecule has 2 rings (SSSR count). The van der Waals surface area contributed by atoms with Gasteiger partial charge in [-0.05, 0) is 24.3 Å². The van der Waals surface area contributed by atoms with E-state index in [0.717, 1.165) is 0 Å². The predicted molar refractivity (Wildman–Crippen MR) is 92.3 cm³/mol. The zero-order valence-corrected chi connectivity index (χ0v) is 13.9. The highest BCUT2D eigenvalue weighted by molar-refractivity contribution is 6.30. The minimum absolute atomic E-state index is 0.00291. The molecule has 130 valence electrons. The van der Waals surface area contributed by atoms with Gasteiger partial charge in [0.15, 0.2) is 12.4 Å². The minimum atomic E-state index is -0.586. The first-order valence-corrected chi connectivity index (χ1v) is 7.40. The fraction of sp³-hybridized carbons (Fsp3) is 0.125. The van der Waals surface area contributed by atoms with Gasteiger partial charge >= 0.3 is 5.69 Å². The standard InChI is InChI=1S/C16H14ClN3O5/c1-24-14-7-6-12(17)8-11(14)9-18-19-16(21)10-25-15-5-3-2-4-13(15)20(22)23/h2-9H,10H2,1H3,(H,19,21)/b18-9+. The van der Waals surface area contributed by atoms with E-state index in [-0.39, 0.29) is 11.4 Å². The van der Waals surface area contributed by atoms with Gasteiger partial charge in [-0.1, -0.05) is 23.7 Å². The number of para-hydroxylation sites is 2. The first-order valence-electron chi connectivity index (χ1n) is 7.03. The van der Waals surface area contributed by atoms with E-state index < -0.39 is 17.4 Å². The summed E-state index contributed by atoms with van der Waals surface area (Å²) < 4.78 is 10.3. The number of nitro groups is 1. The summed E-state index contributed by atoms with van der Waals surface area (Å²) in [6.45, 7) is -0.422. The Hall–Kier alpha value is -3.13. The molecule has 0 aliphatic heterocycles. The van der Waals surface area contributed by atoms with Crippen molar-refractivity contribution in [3.05, 3.63) is 63.2 Å². The minimum Gasteiger partial charge on any atom is -0.496 e. The van der Waals surface area contributed by atoms with E-state index in [0.29, 0.717) is 16.3 Å². The largest absolute Gasteiger partial charge is 0.496 e. The van der Waals surface area contributed by atoms with Crippen LogP contribution in [0.15, 0.2) is 47.6 Å². The van der Waals surface area contributed by atoms with Gasteiger partial charge < -0.3 is 9.47 Å². The van der Waals surface area contributed by atoms with E-state index in [4.69, 9.17) is 21.1 Å². The second kappa shape index (κ2) is 8.65. The third-order valence-electron chi connectivity index (χ3n) is 3.01. The molecular weight excluding hydrogens is 350 g/mol. The van der Waals surface area contributed by atoms with Crippen LogP contribution in [0.4, 0.5) is 5.69 Å². The van der Waals surface area contributed by atoms with E-state index in [1.807, 2.05) is 0 Å². The average molecular weight is 364 g/mol. The molecule has 0 spiro atoms. The molecular formula is C16H14ClN3O5. The van der Waals surface area contributed by atoms with E-state index in [9.17, 15) is 14.9 Å². The second-order valence-electron chi connectivity index (χ2n) is 4.69. The SMILES string of the molecule is COc1ccc(Cl)cc1/C=N/NC(=O)COc1ccccc1[N+](=O)[O-]. The van der Waals surface area contributed by atoms with Crippen molar-refractivity contribution in [2.45, 2.75) is 0 Å². The summed E-state index contributed by atoms with van der Waals surface area (Å²) in [5, 5.41) is 15.1. The van der Waals surface area contributed by atoms with Crippen molar-refractivity contribution in [3.63, 3.8) is 0 Å². The molecule has 0 aliphatic rings. The molecule has 0 heterocycles. The molecule has 25 heavy (non-hydrogen) atoms. The molecule has 0 saturated carbocycles. The smallest absolute Gasteiger partial charge is 0.310 e. The summed E-state index contributed by atoms with van der Waals surface area (Å²) >= 11 is 5.89. The van der Waals surface area contributed by atoms with Crippen molar-refractivity contribution in [1.82, 2.24) is 5.43 Å². The molecule has 0 unspecified atom stereocenters. The number of ether oxygens (including phenoxy) is 2. The molecule has 0 atom stereocenters. The number of methoxy groups -OCH3 is 1. The van der Waals surface area contributed by atoms with Gasteiger partial charge in [-0.25, -0.2) is 5.43 Å². The number of nitrogens with zero attached hydrogens (tertiary/aromatic N) is 2. The van der Waals surface area contributed by atoms with Crippen molar-refractivity contribution in [1.29, 1.82) is 0 Å². The Morgan fingerprint density at radius 3 is 2.80 bits per heavy atom. The van der Waals surface area contributed by atoms with Crippen LogP contribution in [-0.4, -0.2) is 30.8 Å². The van der Waals surface area contributed by atoms with Crippen LogP contribution in [-0.2, 0) is 4.79 Å². The number of rotatable bonds is 7. The van der Waals surface area contributed by atoms with Crippen molar-refractivity contribution in [2.75, 3.05) is 13.7 Å². The number of hydrogen-bond acceptors (Lipinski definition) is 6. The van der Waals surface area contributed by atoms with Gasteiger partial charge in [0.05, 0.1) is 18.2 Å². The molecule has 0 aromatic heterocycles. The molecule has 0 saturated heterocycles. The third kappa shape index (κ3) is 5.18. The van der Waals surface area contributed by atoms with Crippen LogP contribution < -0.4 is 14.9 Å². The number of carbonyl (C=O) groups excluding carboxylic acids is 1. The molecule has 0 aliphatic carbocycles. The summed E-state index contributed by atoms with van der Waals surface area (Å²) in [6.07, 6.45) is 1.37. The Morgan fingerprint density at radius 2 is 2.08 bits per heavy atom. The summed E-state index contributed by atoms with van der Waals surface area (Å²) in [5.74, 6) is -0.0305. The molecule has 2 aromatic rings. The second-order valence-corrected chi connectivity index (χ2v) is 5.13. The van der Waals surface area contributed by atoms with Crippen LogP contribution in [0, 0.1) is 10.1 Å². The Kier molecular flexibility index (Phi) is 6.30. The van der Waals surface area contributed by atoms with Crippen molar-refractivity contribution in [2.24, 2.45) is 5.10 Å². The lowest BCUT2D eigenvalue weighted by Gasteiger charge is -2.06. The highest BCUT2D eigenvalue weighted by atomic mass is 35.5. The first kappa shape index (κ1) is 18.2. The Morgan fingerprint density at radius 1 is 1.32 bits per heavy atom. The van der Waals surface area contributed by atoms with Gasteiger partial charge in [0, 0.05) is 16.7 Å².